The largest absolute Gasteiger partial charge is 0.363 e. The zero-order valence-corrected chi connectivity index (χ0v) is 12.1. The van der Waals surface area contributed by atoms with Gasteiger partial charge < -0.3 is 14.2 Å². The summed E-state index contributed by atoms with van der Waals surface area (Å²) in [7, 11) is 0. The number of rotatable bonds is 4. The fourth-order valence-corrected chi connectivity index (χ4v) is 2.28. The highest BCUT2D eigenvalue weighted by molar-refractivity contribution is 5.65. The highest BCUT2D eigenvalue weighted by atomic mass is 16.6. The second-order valence-electron chi connectivity index (χ2n) is 4.85. The van der Waals surface area contributed by atoms with E-state index in [9.17, 15) is 5.11 Å². The molecule has 3 rings (SSSR count). The maximum Gasteiger partial charge on any atom is 0.200 e. The van der Waals surface area contributed by atoms with Gasteiger partial charge in [-0.1, -0.05) is 12.1 Å². The number of imidazole rings is 1. The summed E-state index contributed by atoms with van der Waals surface area (Å²) in [5.41, 5.74) is 3.88. The van der Waals surface area contributed by atoms with Crippen LogP contribution in [0.3, 0.4) is 0 Å². The van der Waals surface area contributed by atoms with Gasteiger partial charge in [0.25, 0.3) is 0 Å². The number of nitriles is 1. The van der Waals surface area contributed by atoms with E-state index >= 15 is 0 Å². The summed E-state index contributed by atoms with van der Waals surface area (Å²) >= 11 is 0. The number of benzene rings is 1. The van der Waals surface area contributed by atoms with E-state index in [2.05, 4.69) is 11.1 Å². The molecule has 2 aromatic heterocycles. The van der Waals surface area contributed by atoms with Gasteiger partial charge in [0, 0.05) is 19.0 Å². The summed E-state index contributed by atoms with van der Waals surface area (Å²) in [6.07, 6.45) is 2.68. The molecule has 0 amide bonds. The lowest BCUT2D eigenvalue weighted by atomic mass is 10.1. The quantitative estimate of drug-likeness (QED) is 0.751. The normalized spacial score (nSPS) is 12.2. The molecule has 5 nitrogen and oxygen atoms in total. The Bertz CT molecular complexity index is 831. The molecule has 1 aromatic carbocycles. The molecule has 0 bridgehead atoms. The fourth-order valence-electron chi connectivity index (χ4n) is 2.28. The van der Waals surface area contributed by atoms with Crippen LogP contribution in [0.1, 0.15) is 24.5 Å². The molecule has 0 saturated heterocycles. The standard InChI is InChI=1S/C17H15N3O2/c1-2-22-17(21)15-11-20-10-14(7-8-16(20)19-15)13-5-3-12(9-18)4-6-13/h3-8,10-11,17,21H,2H2,1H3. The number of aliphatic hydroxyl groups excluding tert-OH is 1. The zero-order valence-electron chi connectivity index (χ0n) is 12.1. The van der Waals surface area contributed by atoms with Gasteiger partial charge in [-0.05, 0) is 42.3 Å². The summed E-state index contributed by atoms with van der Waals surface area (Å²) in [6.45, 7) is 2.24. The van der Waals surface area contributed by atoms with E-state index < -0.39 is 6.29 Å². The molecule has 22 heavy (non-hydrogen) atoms. The third-order valence-corrected chi connectivity index (χ3v) is 3.39. The van der Waals surface area contributed by atoms with Gasteiger partial charge in [0.05, 0.1) is 11.6 Å². The first-order valence-corrected chi connectivity index (χ1v) is 7.00. The number of aliphatic hydroxyl groups is 1. The lowest BCUT2D eigenvalue weighted by molar-refractivity contribution is -0.100. The molecular weight excluding hydrogens is 278 g/mol. The van der Waals surface area contributed by atoms with Crippen LogP contribution in [-0.2, 0) is 4.74 Å². The third kappa shape index (κ3) is 2.70. The van der Waals surface area contributed by atoms with Crippen molar-refractivity contribution in [3.63, 3.8) is 0 Å². The van der Waals surface area contributed by atoms with Gasteiger partial charge >= 0.3 is 0 Å². The SMILES string of the molecule is CCOC(O)c1cn2cc(-c3ccc(C#N)cc3)ccc2n1. The van der Waals surface area contributed by atoms with Gasteiger partial charge in [-0.2, -0.15) is 5.26 Å². The number of fused-ring (bicyclic) bond motifs is 1. The van der Waals surface area contributed by atoms with Crippen molar-refractivity contribution in [1.82, 2.24) is 9.38 Å². The summed E-state index contributed by atoms with van der Waals surface area (Å²) in [5, 5.41) is 18.7. The zero-order chi connectivity index (χ0) is 15.5. The van der Waals surface area contributed by atoms with Gasteiger partial charge in [0.2, 0.25) is 0 Å². The van der Waals surface area contributed by atoms with Crippen molar-refractivity contribution < 1.29 is 9.84 Å². The summed E-state index contributed by atoms with van der Waals surface area (Å²) < 4.78 is 7.00. The molecule has 0 spiro atoms. The van der Waals surface area contributed by atoms with Crippen LogP contribution in [0, 0.1) is 11.3 Å². The number of hydrogen-bond donors (Lipinski definition) is 1. The van der Waals surface area contributed by atoms with Crippen molar-refractivity contribution in [3.8, 4) is 17.2 Å². The number of pyridine rings is 1. The molecule has 1 atom stereocenters. The lowest BCUT2D eigenvalue weighted by Gasteiger charge is -2.05. The summed E-state index contributed by atoms with van der Waals surface area (Å²) in [4.78, 5) is 4.34. The minimum atomic E-state index is -1.01. The highest BCUT2D eigenvalue weighted by Gasteiger charge is 2.12. The van der Waals surface area contributed by atoms with Crippen LogP contribution in [-0.4, -0.2) is 21.1 Å². The van der Waals surface area contributed by atoms with Crippen LogP contribution in [0.15, 0.2) is 48.8 Å². The lowest BCUT2D eigenvalue weighted by Crippen LogP contribution is -2.02. The average Bonchev–Trinajstić information content (AvgIpc) is 2.98. The Morgan fingerprint density at radius 3 is 2.59 bits per heavy atom. The summed E-state index contributed by atoms with van der Waals surface area (Å²) in [6, 6.07) is 13.3. The third-order valence-electron chi connectivity index (χ3n) is 3.39. The minimum absolute atomic E-state index is 0.422. The highest BCUT2D eigenvalue weighted by Crippen LogP contribution is 2.22. The molecular formula is C17H15N3O2. The van der Waals surface area contributed by atoms with Crippen LogP contribution in [0.25, 0.3) is 16.8 Å². The number of ether oxygens (including phenoxy) is 1. The topological polar surface area (TPSA) is 70.6 Å². The van der Waals surface area contributed by atoms with E-state index in [0.29, 0.717) is 17.9 Å². The van der Waals surface area contributed by atoms with Crippen LogP contribution in [0.5, 0.6) is 0 Å². The van der Waals surface area contributed by atoms with E-state index in [1.807, 2.05) is 41.8 Å². The first-order valence-electron chi connectivity index (χ1n) is 7.00. The molecule has 1 N–H and O–H groups in total. The van der Waals surface area contributed by atoms with Gasteiger partial charge in [-0.3, -0.25) is 0 Å². The van der Waals surface area contributed by atoms with E-state index in [0.717, 1.165) is 16.8 Å². The predicted molar refractivity (Wildman–Crippen MR) is 81.9 cm³/mol. The molecule has 2 heterocycles. The molecule has 0 aliphatic carbocycles. The van der Waals surface area contributed by atoms with Gasteiger partial charge in [0.1, 0.15) is 11.3 Å². The van der Waals surface area contributed by atoms with Crippen molar-refractivity contribution in [1.29, 1.82) is 5.26 Å². The molecule has 0 saturated carbocycles. The second kappa shape index (κ2) is 5.98. The first-order chi connectivity index (χ1) is 10.7. The second-order valence-corrected chi connectivity index (χ2v) is 4.85. The van der Waals surface area contributed by atoms with E-state index in [-0.39, 0.29) is 0 Å². The van der Waals surface area contributed by atoms with Crippen molar-refractivity contribution in [2.45, 2.75) is 13.2 Å². The Morgan fingerprint density at radius 1 is 1.18 bits per heavy atom. The van der Waals surface area contributed by atoms with E-state index in [1.54, 1.807) is 18.3 Å². The molecule has 110 valence electrons. The Morgan fingerprint density at radius 2 is 1.91 bits per heavy atom. The molecule has 5 heteroatoms. The van der Waals surface area contributed by atoms with Crippen molar-refractivity contribution in [2.24, 2.45) is 0 Å². The smallest absolute Gasteiger partial charge is 0.200 e. The maximum absolute atomic E-state index is 9.84. The Labute approximate surface area is 128 Å². The summed E-state index contributed by atoms with van der Waals surface area (Å²) in [5.74, 6) is 0. The average molecular weight is 293 g/mol. The number of nitrogens with zero attached hydrogens (tertiary/aromatic N) is 3. The van der Waals surface area contributed by atoms with Crippen molar-refractivity contribution in [2.75, 3.05) is 6.61 Å². The van der Waals surface area contributed by atoms with Crippen molar-refractivity contribution >= 4 is 5.65 Å². The molecule has 0 radical (unpaired) electrons. The van der Waals surface area contributed by atoms with Gasteiger partial charge in [0.15, 0.2) is 6.29 Å². The van der Waals surface area contributed by atoms with E-state index in [4.69, 9.17) is 10.00 Å². The first kappa shape index (κ1) is 14.3. The molecule has 0 aliphatic rings. The Hall–Kier alpha value is -2.68. The van der Waals surface area contributed by atoms with Crippen molar-refractivity contribution in [3.05, 3.63) is 60.0 Å². The molecule has 3 aromatic rings. The maximum atomic E-state index is 9.84. The Balaban J connectivity index is 1.96. The number of hydrogen-bond acceptors (Lipinski definition) is 4. The molecule has 0 aliphatic heterocycles. The van der Waals surface area contributed by atoms with Crippen LogP contribution in [0.4, 0.5) is 0 Å². The molecule has 1 unspecified atom stereocenters. The fraction of sp³-hybridized carbons (Fsp3) is 0.176. The van der Waals surface area contributed by atoms with Gasteiger partial charge in [-0.25, -0.2) is 4.98 Å². The predicted octanol–water partition coefficient (Wildman–Crippen LogP) is 2.90. The molecule has 0 fully saturated rings. The minimum Gasteiger partial charge on any atom is -0.363 e. The number of aromatic nitrogens is 2. The van der Waals surface area contributed by atoms with Gasteiger partial charge in [-0.15, -0.1) is 0 Å². The van der Waals surface area contributed by atoms with Crippen LogP contribution < -0.4 is 0 Å². The monoisotopic (exact) mass is 293 g/mol. The Kier molecular flexibility index (Phi) is 3.88. The van der Waals surface area contributed by atoms with Crippen LogP contribution in [0.2, 0.25) is 0 Å². The van der Waals surface area contributed by atoms with Crippen LogP contribution >= 0.6 is 0 Å². The van der Waals surface area contributed by atoms with E-state index in [1.165, 1.54) is 0 Å².